The van der Waals surface area contributed by atoms with Crippen molar-refractivity contribution in [1.82, 2.24) is 0 Å². The summed E-state index contributed by atoms with van der Waals surface area (Å²) in [5, 5.41) is 19.3. The van der Waals surface area contributed by atoms with Crippen molar-refractivity contribution >= 4 is 38.0 Å². The van der Waals surface area contributed by atoms with E-state index < -0.39 is 0 Å². The van der Waals surface area contributed by atoms with E-state index in [9.17, 15) is 5.21 Å². The van der Waals surface area contributed by atoms with Gasteiger partial charge in [0.25, 0.3) is 0 Å². The van der Waals surface area contributed by atoms with Crippen molar-refractivity contribution in [3.63, 3.8) is 0 Å². The summed E-state index contributed by atoms with van der Waals surface area (Å²) in [6.07, 6.45) is 0. The molecule has 0 saturated carbocycles. The van der Waals surface area contributed by atoms with Gasteiger partial charge in [0.05, 0.1) is 11.2 Å². The van der Waals surface area contributed by atoms with Gasteiger partial charge in [-0.2, -0.15) is 0 Å². The quantitative estimate of drug-likeness (QED) is 0.365. The lowest BCUT2D eigenvalue weighted by Gasteiger charge is -2.32. The predicted octanol–water partition coefficient (Wildman–Crippen LogP) is 5.58. The van der Waals surface area contributed by atoms with E-state index in [-0.39, 0.29) is 5.54 Å². The summed E-state index contributed by atoms with van der Waals surface area (Å²) < 4.78 is 0. The molecule has 0 aliphatic carbocycles. The van der Waals surface area contributed by atoms with Crippen LogP contribution in [0.1, 0.15) is 20.8 Å². The van der Waals surface area contributed by atoms with Gasteiger partial charge >= 0.3 is 0 Å². The second-order valence-corrected chi connectivity index (χ2v) is 6.92. The fourth-order valence-corrected chi connectivity index (χ4v) is 3.27. The molecule has 0 atom stereocenters. The highest BCUT2D eigenvalue weighted by Gasteiger charge is 2.22. The van der Waals surface area contributed by atoms with Crippen LogP contribution in [0.4, 0.5) is 5.69 Å². The predicted molar refractivity (Wildman–Crippen MR) is 94.2 cm³/mol. The SMILES string of the molecule is CC(C)(C)N(O)c1ccc2ccc3cccc4ccc1c2c34. The van der Waals surface area contributed by atoms with Gasteiger partial charge < -0.3 is 0 Å². The normalized spacial score (nSPS) is 12.5. The van der Waals surface area contributed by atoms with Crippen LogP contribution >= 0.6 is 0 Å². The Labute approximate surface area is 129 Å². The van der Waals surface area contributed by atoms with Gasteiger partial charge in [-0.25, -0.2) is 0 Å². The molecule has 0 amide bonds. The summed E-state index contributed by atoms with van der Waals surface area (Å²) in [7, 11) is 0. The number of benzene rings is 4. The first kappa shape index (κ1) is 13.4. The van der Waals surface area contributed by atoms with E-state index in [1.807, 2.05) is 26.8 Å². The Morgan fingerprint density at radius 2 is 1.27 bits per heavy atom. The maximum absolute atomic E-state index is 10.6. The fourth-order valence-electron chi connectivity index (χ4n) is 3.27. The van der Waals surface area contributed by atoms with E-state index in [2.05, 4.69) is 48.5 Å². The van der Waals surface area contributed by atoms with E-state index in [1.165, 1.54) is 32.0 Å². The topological polar surface area (TPSA) is 23.5 Å². The first-order valence-electron chi connectivity index (χ1n) is 7.62. The van der Waals surface area contributed by atoms with Crippen molar-refractivity contribution in [2.45, 2.75) is 26.3 Å². The molecule has 0 saturated heterocycles. The van der Waals surface area contributed by atoms with Gasteiger partial charge in [-0.3, -0.25) is 10.3 Å². The van der Waals surface area contributed by atoms with E-state index in [1.54, 1.807) is 0 Å². The molecule has 0 heterocycles. The Morgan fingerprint density at radius 3 is 1.91 bits per heavy atom. The average Bonchev–Trinajstić information content (AvgIpc) is 2.51. The molecule has 0 spiro atoms. The summed E-state index contributed by atoms with van der Waals surface area (Å²) in [4.78, 5) is 0. The molecule has 0 fully saturated rings. The lowest BCUT2D eigenvalue weighted by molar-refractivity contribution is 0.182. The van der Waals surface area contributed by atoms with E-state index in [0.717, 1.165) is 11.1 Å². The molecular weight excluding hydrogens is 270 g/mol. The van der Waals surface area contributed by atoms with Crippen LogP contribution in [-0.4, -0.2) is 10.7 Å². The maximum atomic E-state index is 10.6. The van der Waals surface area contributed by atoms with Crippen molar-refractivity contribution in [2.75, 3.05) is 5.06 Å². The number of hydrogen-bond donors (Lipinski definition) is 1. The molecule has 0 aromatic heterocycles. The molecule has 110 valence electrons. The van der Waals surface area contributed by atoms with Crippen LogP contribution in [0, 0.1) is 0 Å². The van der Waals surface area contributed by atoms with Crippen molar-refractivity contribution in [3.05, 3.63) is 54.6 Å². The second-order valence-electron chi connectivity index (χ2n) is 6.92. The van der Waals surface area contributed by atoms with Crippen molar-refractivity contribution in [3.8, 4) is 0 Å². The van der Waals surface area contributed by atoms with Crippen LogP contribution in [0.25, 0.3) is 32.3 Å². The number of hydrogen-bond acceptors (Lipinski definition) is 2. The number of hydroxylamine groups is 1. The summed E-state index contributed by atoms with van der Waals surface area (Å²) in [5.74, 6) is 0. The van der Waals surface area contributed by atoms with Gasteiger partial charge in [0.15, 0.2) is 0 Å². The van der Waals surface area contributed by atoms with Crippen LogP contribution in [0.15, 0.2) is 54.6 Å². The molecule has 0 unspecified atom stereocenters. The summed E-state index contributed by atoms with van der Waals surface area (Å²) in [6.45, 7) is 6.01. The number of nitrogens with zero attached hydrogens (tertiary/aromatic N) is 1. The summed E-state index contributed by atoms with van der Waals surface area (Å²) in [6, 6.07) is 19.1. The Kier molecular flexibility index (Phi) is 2.63. The molecule has 4 aromatic carbocycles. The maximum Gasteiger partial charge on any atom is 0.0719 e. The highest BCUT2D eigenvalue weighted by molar-refractivity contribution is 6.25. The zero-order valence-electron chi connectivity index (χ0n) is 13.1. The van der Waals surface area contributed by atoms with E-state index in [0.29, 0.717) is 0 Å². The Hall–Kier alpha value is -2.32. The molecule has 0 bridgehead atoms. The lowest BCUT2D eigenvalue weighted by atomic mass is 9.93. The summed E-state index contributed by atoms with van der Waals surface area (Å²) in [5.41, 5.74) is 0.515. The Balaban J connectivity index is 2.17. The van der Waals surface area contributed by atoms with Crippen molar-refractivity contribution in [1.29, 1.82) is 0 Å². The minimum atomic E-state index is -0.344. The van der Waals surface area contributed by atoms with E-state index >= 15 is 0 Å². The zero-order valence-corrected chi connectivity index (χ0v) is 13.1. The number of anilines is 1. The van der Waals surface area contributed by atoms with Gasteiger partial charge in [-0.15, -0.1) is 0 Å². The van der Waals surface area contributed by atoms with Crippen LogP contribution < -0.4 is 5.06 Å². The van der Waals surface area contributed by atoms with E-state index in [4.69, 9.17) is 0 Å². The van der Waals surface area contributed by atoms with Crippen molar-refractivity contribution in [2.24, 2.45) is 0 Å². The molecule has 4 aromatic rings. The third-order valence-electron chi connectivity index (χ3n) is 4.37. The van der Waals surface area contributed by atoms with Gasteiger partial charge in [0.2, 0.25) is 0 Å². The third kappa shape index (κ3) is 1.77. The van der Waals surface area contributed by atoms with Crippen LogP contribution in [0.5, 0.6) is 0 Å². The molecule has 0 aliphatic rings. The standard InChI is InChI=1S/C20H19NO/c1-20(2,3)21(22)17-12-10-15-8-7-13-5-4-6-14-9-11-16(17)19(15)18(13)14/h4-12,22H,1-3H3. The van der Waals surface area contributed by atoms with Crippen LogP contribution in [-0.2, 0) is 0 Å². The van der Waals surface area contributed by atoms with Gasteiger partial charge in [0, 0.05) is 5.39 Å². The Morgan fingerprint density at radius 1 is 0.727 bits per heavy atom. The second kappa shape index (κ2) is 4.34. The first-order chi connectivity index (χ1) is 10.5. The van der Waals surface area contributed by atoms with Gasteiger partial charge in [-0.05, 0) is 53.8 Å². The monoisotopic (exact) mass is 289 g/mol. The minimum absolute atomic E-state index is 0.344. The molecule has 0 radical (unpaired) electrons. The molecule has 1 N–H and O–H groups in total. The average molecular weight is 289 g/mol. The molecule has 2 heteroatoms. The third-order valence-corrected chi connectivity index (χ3v) is 4.37. The van der Waals surface area contributed by atoms with Crippen LogP contribution in [0.2, 0.25) is 0 Å². The first-order valence-corrected chi connectivity index (χ1v) is 7.62. The highest BCUT2D eigenvalue weighted by atomic mass is 16.5. The molecule has 22 heavy (non-hydrogen) atoms. The lowest BCUT2D eigenvalue weighted by Crippen LogP contribution is -2.38. The van der Waals surface area contributed by atoms with Gasteiger partial charge in [0.1, 0.15) is 0 Å². The Bertz CT molecular complexity index is 966. The summed E-state index contributed by atoms with van der Waals surface area (Å²) >= 11 is 0. The smallest absolute Gasteiger partial charge is 0.0719 e. The van der Waals surface area contributed by atoms with Crippen molar-refractivity contribution < 1.29 is 5.21 Å². The van der Waals surface area contributed by atoms with Crippen LogP contribution in [0.3, 0.4) is 0 Å². The van der Waals surface area contributed by atoms with Gasteiger partial charge in [-0.1, -0.05) is 48.5 Å². The molecule has 2 nitrogen and oxygen atoms in total. The number of rotatable bonds is 1. The molecule has 4 rings (SSSR count). The zero-order chi connectivity index (χ0) is 15.5. The minimum Gasteiger partial charge on any atom is -0.288 e. The molecular formula is C20H19NO. The highest BCUT2D eigenvalue weighted by Crippen LogP contribution is 2.39. The molecule has 0 aliphatic heterocycles. The fraction of sp³-hybridized carbons (Fsp3) is 0.200. The largest absolute Gasteiger partial charge is 0.288 e.